The lowest BCUT2D eigenvalue weighted by atomic mass is 10.5. The molecule has 0 saturated carbocycles. The molecule has 0 amide bonds. The predicted molar refractivity (Wildman–Crippen MR) is 25.3 cm³/mol. The van der Waals surface area contributed by atoms with Crippen molar-refractivity contribution in [3.63, 3.8) is 0 Å². The van der Waals surface area contributed by atoms with Gasteiger partial charge >= 0.3 is 0 Å². The predicted octanol–water partition coefficient (Wildman–Crippen LogP) is -0.646. The Morgan fingerprint density at radius 3 is 2.88 bits per heavy atom. The highest BCUT2D eigenvalue weighted by atomic mass is 16.6. The first kappa shape index (κ1) is 4.76. The van der Waals surface area contributed by atoms with Crippen molar-refractivity contribution in [3.05, 3.63) is 11.9 Å². The third-order valence-corrected chi connectivity index (χ3v) is 0.637. The average Bonchev–Trinajstić information content (AvgIpc) is 2.12. The lowest BCUT2D eigenvalue weighted by molar-refractivity contribution is 0.306. The van der Waals surface area contributed by atoms with Gasteiger partial charge in [-0.05, 0) is 5.16 Å². The number of nitrogen functional groups attached to an aromatic ring is 1. The van der Waals surface area contributed by atoms with Gasteiger partial charge in [-0.25, -0.2) is 4.63 Å². The number of hydrogen-bond donors (Lipinski definition) is 2. The van der Waals surface area contributed by atoms with E-state index in [-0.39, 0.29) is 11.5 Å². The summed E-state index contributed by atoms with van der Waals surface area (Å²) in [5, 5.41) is 13.3. The van der Waals surface area contributed by atoms with E-state index in [2.05, 4.69) is 14.9 Å². The fraction of sp³-hybridized carbons (Fsp3) is 0. The van der Waals surface area contributed by atoms with E-state index < -0.39 is 0 Å². The minimum absolute atomic E-state index is 0.133. The van der Waals surface area contributed by atoms with Crippen LogP contribution in [0.3, 0.4) is 0 Å². The van der Waals surface area contributed by atoms with Crippen molar-refractivity contribution in [2.45, 2.75) is 0 Å². The fourth-order valence-electron chi connectivity index (χ4n) is 0.283. The highest BCUT2D eigenvalue weighted by Crippen LogP contribution is 1.85. The van der Waals surface area contributed by atoms with E-state index in [0.717, 1.165) is 0 Å². The molecule has 5 nitrogen and oxygen atoms in total. The van der Waals surface area contributed by atoms with Gasteiger partial charge < -0.3 is 5.73 Å². The van der Waals surface area contributed by atoms with E-state index in [1.807, 2.05) is 0 Å². The summed E-state index contributed by atoms with van der Waals surface area (Å²) >= 11 is 0. The van der Waals surface area contributed by atoms with Crippen LogP contribution in [0.2, 0.25) is 0 Å². The molecule has 5 heteroatoms. The first-order valence-electron chi connectivity index (χ1n) is 1.92. The van der Waals surface area contributed by atoms with Gasteiger partial charge in [0.05, 0.1) is 0 Å². The Bertz CT molecular complexity index is 179. The maximum absolute atomic E-state index is 6.77. The Hall–Kier alpha value is -1.39. The van der Waals surface area contributed by atoms with Gasteiger partial charge in [-0.1, -0.05) is 5.16 Å². The lowest BCUT2D eigenvalue weighted by Gasteiger charge is -1.80. The molecule has 8 heavy (non-hydrogen) atoms. The average molecular weight is 112 g/mol. The maximum atomic E-state index is 6.77. The van der Waals surface area contributed by atoms with E-state index in [1.165, 1.54) is 6.20 Å². The molecule has 0 fully saturated rings. The molecule has 0 atom stereocenters. The van der Waals surface area contributed by atoms with Crippen LogP contribution in [0.4, 0.5) is 0 Å². The summed E-state index contributed by atoms with van der Waals surface area (Å²) in [6, 6.07) is 0. The van der Waals surface area contributed by atoms with Crippen LogP contribution in [-0.4, -0.2) is 16.1 Å². The standard InChI is InChI=1S/C3H4N4O/c4-3(5)2-1-6-8-7-2/h1H,(H3,4,5). The molecule has 0 aliphatic carbocycles. The van der Waals surface area contributed by atoms with Gasteiger partial charge in [-0.2, -0.15) is 0 Å². The zero-order valence-electron chi connectivity index (χ0n) is 3.96. The molecule has 0 aliphatic heterocycles. The van der Waals surface area contributed by atoms with E-state index >= 15 is 0 Å². The van der Waals surface area contributed by atoms with Crippen molar-refractivity contribution in [2.75, 3.05) is 0 Å². The highest BCUT2D eigenvalue weighted by Gasteiger charge is 1.97. The summed E-state index contributed by atoms with van der Waals surface area (Å²) in [5.74, 6) is -0.133. The maximum Gasteiger partial charge on any atom is 0.169 e. The van der Waals surface area contributed by atoms with Gasteiger partial charge in [0, 0.05) is 0 Å². The quantitative estimate of drug-likeness (QED) is 0.373. The van der Waals surface area contributed by atoms with Crippen molar-refractivity contribution < 1.29 is 4.63 Å². The van der Waals surface area contributed by atoms with Crippen LogP contribution in [0.25, 0.3) is 0 Å². The molecule has 0 aliphatic rings. The number of amidine groups is 1. The highest BCUT2D eigenvalue weighted by molar-refractivity contribution is 5.92. The summed E-state index contributed by atoms with van der Waals surface area (Å²) in [6.45, 7) is 0. The zero-order chi connectivity index (χ0) is 5.98. The molecule has 3 N–H and O–H groups in total. The number of nitrogens with one attached hydrogen (secondary N) is 1. The van der Waals surface area contributed by atoms with Gasteiger partial charge in [0.1, 0.15) is 12.0 Å². The topological polar surface area (TPSA) is 88.8 Å². The fourth-order valence-corrected chi connectivity index (χ4v) is 0.283. The summed E-state index contributed by atoms with van der Waals surface area (Å²) in [6.07, 6.45) is 1.28. The molecule has 1 rings (SSSR count). The molecule has 0 radical (unpaired) electrons. The van der Waals surface area contributed by atoms with Gasteiger partial charge in [0.15, 0.2) is 5.69 Å². The SMILES string of the molecule is N=C(N)c1cnon1. The van der Waals surface area contributed by atoms with Crippen LogP contribution < -0.4 is 5.73 Å². The Morgan fingerprint density at radius 2 is 2.62 bits per heavy atom. The van der Waals surface area contributed by atoms with E-state index in [4.69, 9.17) is 11.1 Å². The molecule has 0 unspecified atom stereocenters. The molecular formula is C3H4N4O. The Morgan fingerprint density at radius 1 is 1.88 bits per heavy atom. The largest absolute Gasteiger partial charge is 0.382 e. The van der Waals surface area contributed by atoms with Crippen molar-refractivity contribution in [3.8, 4) is 0 Å². The Balaban J connectivity index is 2.93. The smallest absolute Gasteiger partial charge is 0.169 e. The van der Waals surface area contributed by atoms with Crippen molar-refractivity contribution in [2.24, 2.45) is 5.73 Å². The summed E-state index contributed by atoms with van der Waals surface area (Å²) in [4.78, 5) is 0. The molecule has 1 heterocycles. The molecule has 1 aromatic rings. The zero-order valence-corrected chi connectivity index (χ0v) is 3.96. The Labute approximate surface area is 45.0 Å². The lowest BCUT2D eigenvalue weighted by Crippen LogP contribution is -2.10. The monoisotopic (exact) mass is 112 g/mol. The van der Waals surface area contributed by atoms with Crippen molar-refractivity contribution in [1.82, 2.24) is 10.3 Å². The van der Waals surface area contributed by atoms with Crippen molar-refractivity contribution in [1.29, 1.82) is 5.41 Å². The van der Waals surface area contributed by atoms with Crippen LogP contribution in [0.1, 0.15) is 5.69 Å². The molecule has 0 bridgehead atoms. The van der Waals surface area contributed by atoms with Gasteiger partial charge in [-0.3, -0.25) is 5.41 Å². The molecule has 1 aromatic heterocycles. The van der Waals surface area contributed by atoms with Crippen LogP contribution in [0.15, 0.2) is 10.8 Å². The van der Waals surface area contributed by atoms with Crippen LogP contribution in [0, 0.1) is 5.41 Å². The number of rotatable bonds is 1. The minimum atomic E-state index is -0.133. The number of nitrogens with zero attached hydrogens (tertiary/aromatic N) is 2. The third kappa shape index (κ3) is 0.651. The third-order valence-electron chi connectivity index (χ3n) is 0.637. The van der Waals surface area contributed by atoms with E-state index in [9.17, 15) is 0 Å². The molecule has 0 aromatic carbocycles. The summed E-state index contributed by atoms with van der Waals surface area (Å²) in [7, 11) is 0. The van der Waals surface area contributed by atoms with Crippen molar-refractivity contribution >= 4 is 5.84 Å². The second-order valence-corrected chi connectivity index (χ2v) is 1.21. The first-order chi connectivity index (χ1) is 3.80. The number of aromatic nitrogens is 2. The first-order valence-corrected chi connectivity index (χ1v) is 1.92. The summed E-state index contributed by atoms with van der Waals surface area (Å²) < 4.78 is 4.15. The summed E-state index contributed by atoms with van der Waals surface area (Å²) in [5.41, 5.74) is 5.25. The number of hydrogen-bond acceptors (Lipinski definition) is 4. The molecule has 0 saturated heterocycles. The van der Waals surface area contributed by atoms with Crippen LogP contribution in [0.5, 0.6) is 0 Å². The van der Waals surface area contributed by atoms with E-state index in [1.54, 1.807) is 0 Å². The van der Waals surface area contributed by atoms with Crippen LogP contribution in [-0.2, 0) is 0 Å². The second kappa shape index (κ2) is 1.61. The normalized spacial score (nSPS) is 9.00. The van der Waals surface area contributed by atoms with Gasteiger partial charge in [0.25, 0.3) is 0 Å². The van der Waals surface area contributed by atoms with Gasteiger partial charge in [-0.15, -0.1) is 0 Å². The molecule has 0 spiro atoms. The second-order valence-electron chi connectivity index (χ2n) is 1.21. The molecular weight excluding hydrogens is 108 g/mol. The molecule has 42 valence electrons. The Kier molecular flexibility index (Phi) is 0.957. The number of nitrogens with two attached hydrogens (primary N) is 1. The van der Waals surface area contributed by atoms with Crippen LogP contribution >= 0.6 is 0 Å². The minimum Gasteiger partial charge on any atom is -0.382 e. The van der Waals surface area contributed by atoms with E-state index in [0.29, 0.717) is 0 Å². The van der Waals surface area contributed by atoms with Gasteiger partial charge in [0.2, 0.25) is 0 Å².